The van der Waals surface area contributed by atoms with E-state index in [-0.39, 0.29) is 18.0 Å². The Bertz CT molecular complexity index is 1340. The maximum absolute atomic E-state index is 14.7. The Balaban J connectivity index is 1.49. The molecule has 4 nitrogen and oxygen atoms in total. The van der Waals surface area contributed by atoms with Crippen LogP contribution in [0.1, 0.15) is 33.1 Å². The van der Waals surface area contributed by atoms with E-state index >= 15 is 0 Å². The third-order valence-corrected chi connectivity index (χ3v) is 6.13. The van der Waals surface area contributed by atoms with Gasteiger partial charge in [-0.3, -0.25) is 9.59 Å². The first-order valence-corrected chi connectivity index (χ1v) is 11.2. The molecule has 1 aliphatic rings. The molecule has 1 heterocycles. The molecule has 0 saturated carbocycles. The zero-order valence-corrected chi connectivity index (χ0v) is 18.4. The van der Waals surface area contributed by atoms with Crippen LogP contribution in [0.5, 0.6) is 0 Å². The summed E-state index contributed by atoms with van der Waals surface area (Å²) in [5, 5.41) is 2.93. The number of hydrogen-bond donors (Lipinski definition) is 1. The number of carbonyl (C=O) groups is 2. The van der Waals surface area contributed by atoms with Crippen LogP contribution in [0.2, 0.25) is 0 Å². The predicted molar refractivity (Wildman–Crippen MR) is 129 cm³/mol. The number of fused-ring (bicyclic) bond motifs is 1. The van der Waals surface area contributed by atoms with E-state index in [9.17, 15) is 14.0 Å². The molecule has 1 atom stereocenters. The van der Waals surface area contributed by atoms with Gasteiger partial charge in [0, 0.05) is 13.1 Å². The maximum Gasteiger partial charge on any atom is 0.258 e. The predicted octanol–water partition coefficient (Wildman–Crippen LogP) is 5.51. The van der Waals surface area contributed by atoms with E-state index in [4.69, 9.17) is 0 Å². The third kappa shape index (κ3) is 4.08. The van der Waals surface area contributed by atoms with Crippen LogP contribution in [0, 0.1) is 5.82 Å². The van der Waals surface area contributed by atoms with Crippen molar-refractivity contribution in [3.05, 3.63) is 131 Å². The molecular weight excluding hydrogens is 427 g/mol. The van der Waals surface area contributed by atoms with E-state index < -0.39 is 17.8 Å². The molecular formula is C29H23FN2O2. The van der Waals surface area contributed by atoms with Gasteiger partial charge in [0.1, 0.15) is 11.9 Å². The number of amides is 2. The number of halogens is 1. The molecule has 4 aromatic rings. The summed E-state index contributed by atoms with van der Waals surface area (Å²) in [5.74, 6) is -1.42. The molecule has 0 aliphatic carbocycles. The van der Waals surface area contributed by atoms with Crippen LogP contribution in [0.15, 0.2) is 103 Å². The van der Waals surface area contributed by atoms with E-state index in [1.807, 2.05) is 84.9 Å². The van der Waals surface area contributed by atoms with Gasteiger partial charge in [-0.05, 0) is 33.9 Å². The van der Waals surface area contributed by atoms with Crippen molar-refractivity contribution in [1.29, 1.82) is 0 Å². The first kappa shape index (κ1) is 21.6. The second kappa shape index (κ2) is 9.32. The topological polar surface area (TPSA) is 49.4 Å². The average Bonchev–Trinajstić information content (AvgIpc) is 3.16. The number of carbonyl (C=O) groups excluding carboxylic acids is 2. The van der Waals surface area contributed by atoms with Gasteiger partial charge in [-0.2, -0.15) is 0 Å². The molecule has 0 spiro atoms. The molecule has 5 heteroatoms. The van der Waals surface area contributed by atoms with Crippen LogP contribution >= 0.6 is 0 Å². The Kier molecular flexibility index (Phi) is 5.91. The van der Waals surface area contributed by atoms with Crippen LogP contribution in [-0.4, -0.2) is 16.7 Å². The van der Waals surface area contributed by atoms with Gasteiger partial charge in [0.05, 0.1) is 5.56 Å². The minimum Gasteiger partial charge on any atom is -0.350 e. The van der Waals surface area contributed by atoms with Gasteiger partial charge in [-0.15, -0.1) is 0 Å². The van der Waals surface area contributed by atoms with Gasteiger partial charge in [0.2, 0.25) is 5.91 Å². The van der Waals surface area contributed by atoms with Crippen LogP contribution in [0.3, 0.4) is 0 Å². The van der Waals surface area contributed by atoms with Gasteiger partial charge >= 0.3 is 0 Å². The minimum absolute atomic E-state index is 0.0282. The van der Waals surface area contributed by atoms with Crippen LogP contribution < -0.4 is 5.32 Å². The highest BCUT2D eigenvalue weighted by atomic mass is 19.1. The van der Waals surface area contributed by atoms with Crippen molar-refractivity contribution in [1.82, 2.24) is 10.2 Å². The van der Waals surface area contributed by atoms with Gasteiger partial charge in [0.15, 0.2) is 0 Å². The molecule has 168 valence electrons. The highest BCUT2D eigenvalue weighted by Gasteiger charge is 2.42. The molecule has 34 heavy (non-hydrogen) atoms. The lowest BCUT2D eigenvalue weighted by molar-refractivity contribution is -0.125. The fraction of sp³-hybridized carbons (Fsp3) is 0.103. The van der Waals surface area contributed by atoms with Gasteiger partial charge < -0.3 is 10.2 Å². The lowest BCUT2D eigenvalue weighted by Crippen LogP contribution is -2.38. The summed E-state index contributed by atoms with van der Waals surface area (Å²) in [6.07, 6.45) is 0. The molecule has 0 saturated heterocycles. The Morgan fingerprint density at radius 3 is 2.26 bits per heavy atom. The van der Waals surface area contributed by atoms with Crippen molar-refractivity contribution in [3.63, 3.8) is 0 Å². The van der Waals surface area contributed by atoms with Gasteiger partial charge in [0.25, 0.3) is 5.91 Å². The van der Waals surface area contributed by atoms with E-state index in [0.29, 0.717) is 12.1 Å². The standard InChI is InChI=1S/C29H23FN2O2/c30-25-17-9-16-24-26(25)29(34)32(27(24)28(33)31-18-20-10-3-1-4-11-20)19-22-14-7-8-15-23(22)21-12-5-2-6-13-21/h1-17,27H,18-19H2,(H,31,33). The van der Waals surface area contributed by atoms with Crippen LogP contribution in [0.25, 0.3) is 11.1 Å². The number of rotatable bonds is 6. The Morgan fingerprint density at radius 2 is 1.50 bits per heavy atom. The van der Waals surface area contributed by atoms with E-state index in [0.717, 1.165) is 22.3 Å². The zero-order valence-electron chi connectivity index (χ0n) is 18.4. The second-order valence-electron chi connectivity index (χ2n) is 8.27. The Hall–Kier alpha value is -4.25. The van der Waals surface area contributed by atoms with Crippen LogP contribution in [0.4, 0.5) is 4.39 Å². The highest BCUT2D eigenvalue weighted by Crippen LogP contribution is 2.37. The molecule has 5 rings (SSSR count). The van der Waals surface area contributed by atoms with E-state index in [1.54, 1.807) is 12.1 Å². The number of benzene rings is 4. The molecule has 0 radical (unpaired) electrons. The summed E-state index contributed by atoms with van der Waals surface area (Å²) in [6.45, 7) is 0.505. The Labute approximate surface area is 197 Å². The molecule has 0 fully saturated rings. The van der Waals surface area contributed by atoms with Crippen molar-refractivity contribution in [2.45, 2.75) is 19.1 Å². The summed E-state index contributed by atoms with van der Waals surface area (Å²) >= 11 is 0. The summed E-state index contributed by atoms with van der Waals surface area (Å²) in [4.78, 5) is 28.2. The van der Waals surface area contributed by atoms with Crippen molar-refractivity contribution >= 4 is 11.8 Å². The maximum atomic E-state index is 14.7. The molecule has 4 aromatic carbocycles. The van der Waals surface area contributed by atoms with Gasteiger partial charge in [-0.25, -0.2) is 4.39 Å². The first-order chi connectivity index (χ1) is 16.6. The molecule has 1 aliphatic heterocycles. The smallest absolute Gasteiger partial charge is 0.258 e. The summed E-state index contributed by atoms with van der Waals surface area (Å²) in [6, 6.07) is 30.7. The number of nitrogens with zero attached hydrogens (tertiary/aromatic N) is 1. The summed E-state index contributed by atoms with van der Waals surface area (Å²) in [5.41, 5.74) is 4.18. The lowest BCUT2D eigenvalue weighted by Gasteiger charge is -2.26. The van der Waals surface area contributed by atoms with Crippen LogP contribution in [-0.2, 0) is 17.9 Å². The zero-order chi connectivity index (χ0) is 23.5. The Morgan fingerprint density at radius 1 is 0.824 bits per heavy atom. The molecule has 1 N–H and O–H groups in total. The van der Waals surface area contributed by atoms with Crippen molar-refractivity contribution in [2.24, 2.45) is 0 Å². The molecule has 0 bridgehead atoms. The minimum atomic E-state index is -0.911. The number of hydrogen-bond acceptors (Lipinski definition) is 2. The molecule has 0 aromatic heterocycles. The second-order valence-corrected chi connectivity index (χ2v) is 8.27. The van der Waals surface area contributed by atoms with Crippen molar-refractivity contribution in [3.8, 4) is 11.1 Å². The SMILES string of the molecule is O=C(NCc1ccccc1)C1c2cccc(F)c2C(=O)N1Cc1ccccc1-c1ccccc1. The van der Waals surface area contributed by atoms with Crippen molar-refractivity contribution < 1.29 is 14.0 Å². The first-order valence-electron chi connectivity index (χ1n) is 11.2. The molecule has 1 unspecified atom stereocenters. The fourth-order valence-electron chi connectivity index (χ4n) is 4.49. The normalized spacial score (nSPS) is 14.7. The van der Waals surface area contributed by atoms with Gasteiger partial charge in [-0.1, -0.05) is 97.1 Å². The third-order valence-electron chi connectivity index (χ3n) is 6.13. The molecule has 2 amide bonds. The fourth-order valence-corrected chi connectivity index (χ4v) is 4.49. The number of nitrogens with one attached hydrogen (secondary N) is 1. The quantitative estimate of drug-likeness (QED) is 0.421. The largest absolute Gasteiger partial charge is 0.350 e. The van der Waals surface area contributed by atoms with E-state index in [1.165, 1.54) is 11.0 Å². The summed E-state index contributed by atoms with van der Waals surface area (Å²) in [7, 11) is 0. The summed E-state index contributed by atoms with van der Waals surface area (Å²) < 4.78 is 14.7. The highest BCUT2D eigenvalue weighted by molar-refractivity contribution is 6.05. The van der Waals surface area contributed by atoms with Crippen molar-refractivity contribution in [2.75, 3.05) is 0 Å². The van der Waals surface area contributed by atoms with E-state index in [2.05, 4.69) is 5.32 Å². The monoisotopic (exact) mass is 450 g/mol. The average molecular weight is 451 g/mol. The lowest BCUT2D eigenvalue weighted by atomic mass is 9.99.